The van der Waals surface area contributed by atoms with E-state index in [1.807, 2.05) is 18.2 Å². The van der Waals surface area contributed by atoms with Crippen molar-refractivity contribution in [1.82, 2.24) is 4.90 Å². The van der Waals surface area contributed by atoms with E-state index in [4.69, 9.17) is 4.74 Å². The van der Waals surface area contributed by atoms with Crippen LogP contribution in [0.5, 0.6) is 0 Å². The summed E-state index contributed by atoms with van der Waals surface area (Å²) < 4.78 is 5.95. The number of hydrogen-bond acceptors (Lipinski definition) is 5. The number of fused-ring (bicyclic) bond motifs is 8. The molecule has 6 aliphatic rings. The second-order valence-corrected chi connectivity index (χ2v) is 15.0. The van der Waals surface area contributed by atoms with E-state index in [1.54, 1.807) is 12.1 Å². The predicted octanol–water partition coefficient (Wildman–Crippen LogP) is 5.75. The molecule has 2 heterocycles. The van der Waals surface area contributed by atoms with Crippen LogP contribution in [-0.4, -0.2) is 52.6 Å². The van der Waals surface area contributed by atoms with Crippen LogP contribution in [0, 0.1) is 52.8 Å². The lowest BCUT2D eigenvalue weighted by Crippen LogP contribution is -2.67. The van der Waals surface area contributed by atoms with Crippen LogP contribution in [0.1, 0.15) is 88.9 Å². The molecule has 0 spiro atoms. The van der Waals surface area contributed by atoms with Gasteiger partial charge in [-0.15, -0.1) is 0 Å². The third-order valence-corrected chi connectivity index (χ3v) is 13.1. The summed E-state index contributed by atoms with van der Waals surface area (Å²) in [4.78, 5) is 29.2. The molecule has 5 heteroatoms. The molecule has 0 unspecified atom stereocenters. The van der Waals surface area contributed by atoms with Crippen molar-refractivity contribution in [2.45, 2.75) is 96.3 Å². The Morgan fingerprint density at radius 1 is 0.923 bits per heavy atom. The van der Waals surface area contributed by atoms with E-state index >= 15 is 0 Å². The maximum atomic E-state index is 13.8. The Bertz CT molecular complexity index is 1120. The first kappa shape index (κ1) is 26.2. The van der Waals surface area contributed by atoms with E-state index in [9.17, 15) is 14.7 Å². The minimum atomic E-state index is -0.606. The van der Waals surface area contributed by atoms with Crippen molar-refractivity contribution in [1.29, 1.82) is 0 Å². The maximum Gasteiger partial charge on any atom is 0.338 e. The fourth-order valence-electron chi connectivity index (χ4n) is 11.2. The van der Waals surface area contributed by atoms with Gasteiger partial charge in [-0.1, -0.05) is 32.0 Å². The van der Waals surface area contributed by atoms with Gasteiger partial charge in [0.2, 0.25) is 0 Å². The Morgan fingerprint density at radius 3 is 2.51 bits per heavy atom. The van der Waals surface area contributed by atoms with Crippen molar-refractivity contribution in [3.05, 3.63) is 35.9 Å². The summed E-state index contributed by atoms with van der Waals surface area (Å²) >= 11 is 0. The second kappa shape index (κ2) is 9.41. The molecule has 4 saturated carbocycles. The van der Waals surface area contributed by atoms with Gasteiger partial charge in [0, 0.05) is 31.5 Å². The number of ether oxygens (including phenoxy) is 1. The number of carbonyl (C=O) groups excluding carboxylic acids is 2. The quantitative estimate of drug-likeness (QED) is 0.490. The number of hydrogen-bond donors (Lipinski definition) is 1. The number of carbonyl (C=O) groups is 2. The predicted molar refractivity (Wildman–Crippen MR) is 150 cm³/mol. The molecule has 6 fully saturated rings. The van der Waals surface area contributed by atoms with Crippen molar-refractivity contribution in [3.8, 4) is 0 Å². The van der Waals surface area contributed by atoms with Crippen molar-refractivity contribution in [2.24, 2.45) is 52.8 Å². The molecule has 2 aliphatic heterocycles. The van der Waals surface area contributed by atoms with Gasteiger partial charge in [-0.2, -0.15) is 0 Å². The monoisotopic (exact) mass is 533 g/mol. The Labute approximate surface area is 234 Å². The molecule has 12 atom stereocenters. The molecule has 0 radical (unpaired) electrons. The zero-order valence-corrected chi connectivity index (χ0v) is 24.1. The zero-order chi connectivity index (χ0) is 27.1. The normalized spacial score (nSPS) is 49.2. The molecule has 1 aromatic carbocycles. The topological polar surface area (TPSA) is 66.8 Å². The van der Waals surface area contributed by atoms with Gasteiger partial charge in [0.25, 0.3) is 0 Å². The van der Waals surface area contributed by atoms with Crippen LogP contribution in [0.4, 0.5) is 0 Å². The van der Waals surface area contributed by atoms with Gasteiger partial charge in [0.05, 0.1) is 11.2 Å². The van der Waals surface area contributed by atoms with Gasteiger partial charge in [0.1, 0.15) is 11.9 Å². The number of Topliss-reactive ketones (excluding diaryl/α,β-unsaturated/α-hetero) is 1. The van der Waals surface area contributed by atoms with Crippen LogP contribution < -0.4 is 0 Å². The molecular weight excluding hydrogens is 486 g/mol. The number of nitrogens with zero attached hydrogens (tertiary/aromatic N) is 1. The second-order valence-electron chi connectivity index (χ2n) is 15.0. The van der Waals surface area contributed by atoms with E-state index in [0.717, 1.165) is 38.8 Å². The Hall–Kier alpha value is -1.72. The highest BCUT2D eigenvalue weighted by Crippen LogP contribution is 2.66. The van der Waals surface area contributed by atoms with Crippen LogP contribution in [0.15, 0.2) is 30.3 Å². The van der Waals surface area contributed by atoms with E-state index in [0.29, 0.717) is 71.7 Å². The zero-order valence-electron chi connectivity index (χ0n) is 24.1. The lowest BCUT2D eigenvalue weighted by atomic mass is 9.51. The summed E-state index contributed by atoms with van der Waals surface area (Å²) in [7, 11) is 0. The summed E-state index contributed by atoms with van der Waals surface area (Å²) in [6.07, 6.45) is 8.91. The molecule has 2 saturated heterocycles. The fourth-order valence-corrected chi connectivity index (χ4v) is 11.2. The molecule has 5 nitrogen and oxygen atoms in total. The lowest BCUT2D eigenvalue weighted by molar-refractivity contribution is -0.175. The first-order chi connectivity index (χ1) is 18.7. The fraction of sp³-hybridized carbons (Fsp3) is 0.765. The molecule has 0 aromatic heterocycles. The third kappa shape index (κ3) is 4.08. The molecule has 212 valence electrons. The van der Waals surface area contributed by atoms with Gasteiger partial charge in [-0.3, -0.25) is 9.69 Å². The van der Waals surface area contributed by atoms with Crippen molar-refractivity contribution in [3.63, 3.8) is 0 Å². The number of aliphatic hydroxyl groups is 1. The molecule has 0 bridgehead atoms. The summed E-state index contributed by atoms with van der Waals surface area (Å²) in [5.41, 5.74) is -0.0175. The molecule has 0 amide bonds. The van der Waals surface area contributed by atoms with Gasteiger partial charge in [0.15, 0.2) is 0 Å². The van der Waals surface area contributed by atoms with Crippen LogP contribution >= 0.6 is 0 Å². The average Bonchev–Trinajstić information content (AvgIpc) is 3.29. The smallest absolute Gasteiger partial charge is 0.338 e. The number of benzene rings is 1. The largest absolute Gasteiger partial charge is 0.459 e. The first-order valence-corrected chi connectivity index (χ1v) is 15.9. The van der Waals surface area contributed by atoms with E-state index < -0.39 is 5.60 Å². The van der Waals surface area contributed by atoms with Crippen molar-refractivity contribution >= 4 is 11.8 Å². The van der Waals surface area contributed by atoms with Gasteiger partial charge in [-0.05, 0) is 117 Å². The molecular formula is C34H47NO4. The summed E-state index contributed by atoms with van der Waals surface area (Å²) in [5, 5.41) is 12.0. The average molecular weight is 534 g/mol. The highest BCUT2D eigenvalue weighted by atomic mass is 16.5. The molecule has 39 heavy (non-hydrogen) atoms. The Morgan fingerprint density at radius 2 is 1.72 bits per heavy atom. The van der Waals surface area contributed by atoms with Gasteiger partial charge < -0.3 is 9.84 Å². The third-order valence-electron chi connectivity index (χ3n) is 13.1. The standard InChI is InChI=1S/C34H47NO4/c1-20-9-12-31-34(3,38)27-11-10-23-24(26(27)19-35(31)18-20)16-28-25(23)17-30(36)29-15-22(13-14-33(28,29)2)39-32(37)21-7-5-4-6-8-21/h4-8,20,22-29,31,38H,9-19H2,1-3H3/t20-,22-,23+,24-,25-,26-,27+,28-,29+,31+,33-,34+/m1/s1. The van der Waals surface area contributed by atoms with Gasteiger partial charge >= 0.3 is 5.97 Å². The number of piperidine rings is 2. The van der Waals surface area contributed by atoms with Gasteiger partial charge in [-0.25, -0.2) is 4.79 Å². The molecule has 1 N–H and O–H groups in total. The van der Waals surface area contributed by atoms with Crippen molar-refractivity contribution < 1.29 is 19.4 Å². The number of rotatable bonds is 2. The first-order valence-electron chi connectivity index (χ1n) is 15.9. The highest BCUT2D eigenvalue weighted by molar-refractivity contribution is 5.89. The number of esters is 1. The Kier molecular flexibility index (Phi) is 6.32. The summed E-state index contributed by atoms with van der Waals surface area (Å²) in [6.45, 7) is 9.18. The molecule has 1 aromatic rings. The van der Waals surface area contributed by atoms with Crippen LogP contribution in [-0.2, 0) is 9.53 Å². The molecule has 7 rings (SSSR count). The summed E-state index contributed by atoms with van der Waals surface area (Å²) in [6, 6.07) is 9.54. The Balaban J connectivity index is 1.10. The van der Waals surface area contributed by atoms with E-state index in [2.05, 4.69) is 25.7 Å². The maximum absolute atomic E-state index is 13.8. The van der Waals surface area contributed by atoms with Crippen LogP contribution in [0.25, 0.3) is 0 Å². The highest BCUT2D eigenvalue weighted by Gasteiger charge is 2.64. The van der Waals surface area contributed by atoms with E-state index in [1.165, 1.54) is 19.3 Å². The SMILES string of the molecule is C[C@@H]1CC[C@@H]2N(C1)C[C@@H]1[C@@H]3C[C@@H]4[C@H](CC(=O)[C@@H]5C[C@H](OC(=O)c6ccccc6)CC[C@]45C)[C@H]3CC[C@@H]1[C@]2(C)O. The lowest BCUT2D eigenvalue weighted by Gasteiger charge is -2.59. The number of ketones is 1. The minimum Gasteiger partial charge on any atom is -0.459 e. The molecule has 4 aliphatic carbocycles. The van der Waals surface area contributed by atoms with Crippen LogP contribution in [0.2, 0.25) is 0 Å². The van der Waals surface area contributed by atoms with Crippen molar-refractivity contribution in [2.75, 3.05) is 13.1 Å². The minimum absolute atomic E-state index is 0.00110. The van der Waals surface area contributed by atoms with E-state index in [-0.39, 0.29) is 23.4 Å². The van der Waals surface area contributed by atoms with Crippen LogP contribution in [0.3, 0.4) is 0 Å². The summed E-state index contributed by atoms with van der Waals surface area (Å²) in [5.74, 6) is 4.12.